The van der Waals surface area contributed by atoms with Crippen LogP contribution in [0.4, 0.5) is 0 Å². The number of hydrogen-bond acceptors (Lipinski definition) is 2. The lowest BCUT2D eigenvalue weighted by Gasteiger charge is -2.17. The molecule has 2 unspecified atom stereocenters. The van der Waals surface area contributed by atoms with Crippen LogP contribution in [0.25, 0.3) is 0 Å². The van der Waals surface area contributed by atoms with Gasteiger partial charge in [-0.3, -0.25) is 4.98 Å². The number of pyridine rings is 1. The molecule has 0 saturated heterocycles. The van der Waals surface area contributed by atoms with Gasteiger partial charge in [-0.25, -0.2) is 0 Å². The molecule has 0 amide bonds. The number of rotatable bonds is 6. The van der Waals surface area contributed by atoms with Gasteiger partial charge in [0.2, 0.25) is 0 Å². The van der Waals surface area contributed by atoms with Crippen molar-refractivity contribution in [2.75, 3.05) is 0 Å². The zero-order valence-electron chi connectivity index (χ0n) is 10.3. The second-order valence-corrected chi connectivity index (χ2v) is 5.41. The molecule has 0 spiro atoms. The molecule has 0 aliphatic rings. The molecule has 0 aromatic carbocycles. The third-order valence-electron chi connectivity index (χ3n) is 2.87. The van der Waals surface area contributed by atoms with Crippen molar-refractivity contribution in [2.24, 2.45) is 5.92 Å². The van der Waals surface area contributed by atoms with Gasteiger partial charge < -0.3 is 5.32 Å². The van der Waals surface area contributed by atoms with Gasteiger partial charge in [-0.2, -0.15) is 0 Å². The summed E-state index contributed by atoms with van der Waals surface area (Å²) in [5.74, 6) is 0.792. The number of aromatic nitrogens is 1. The fraction of sp³-hybridized carbons (Fsp3) is 0.615. The van der Waals surface area contributed by atoms with Gasteiger partial charge in [-0.15, -0.1) is 0 Å². The predicted molar refractivity (Wildman–Crippen MR) is 72.3 cm³/mol. The Hall–Kier alpha value is -0.410. The quantitative estimate of drug-likeness (QED) is 0.861. The average Bonchev–Trinajstić information content (AvgIpc) is 2.28. The number of nitrogens with zero attached hydrogens (tertiary/aromatic N) is 1. The SMILES string of the molecule is CCC(C)CC(C)NCc1ccc(Br)cn1. The molecular formula is C13H21BrN2. The van der Waals surface area contributed by atoms with E-state index in [9.17, 15) is 0 Å². The first-order chi connectivity index (χ1) is 7.61. The molecule has 2 atom stereocenters. The van der Waals surface area contributed by atoms with E-state index in [0.29, 0.717) is 6.04 Å². The lowest BCUT2D eigenvalue weighted by atomic mass is 10.0. The molecule has 3 heteroatoms. The monoisotopic (exact) mass is 284 g/mol. The second kappa shape index (κ2) is 7.02. The molecule has 0 saturated carbocycles. The van der Waals surface area contributed by atoms with Gasteiger partial charge >= 0.3 is 0 Å². The molecule has 1 heterocycles. The Morgan fingerprint density at radius 3 is 2.69 bits per heavy atom. The van der Waals surface area contributed by atoms with E-state index in [2.05, 4.69) is 47.0 Å². The molecule has 1 N–H and O–H groups in total. The van der Waals surface area contributed by atoms with Crippen LogP contribution in [0.3, 0.4) is 0 Å². The highest BCUT2D eigenvalue weighted by atomic mass is 79.9. The van der Waals surface area contributed by atoms with Crippen LogP contribution in [0, 0.1) is 5.92 Å². The summed E-state index contributed by atoms with van der Waals surface area (Å²) >= 11 is 3.38. The fourth-order valence-corrected chi connectivity index (χ4v) is 1.88. The van der Waals surface area contributed by atoms with Crippen molar-refractivity contribution >= 4 is 15.9 Å². The van der Waals surface area contributed by atoms with E-state index in [4.69, 9.17) is 0 Å². The van der Waals surface area contributed by atoms with Crippen molar-refractivity contribution in [1.82, 2.24) is 10.3 Å². The average molecular weight is 285 g/mol. The second-order valence-electron chi connectivity index (χ2n) is 4.50. The molecule has 90 valence electrons. The summed E-state index contributed by atoms with van der Waals surface area (Å²) in [6.45, 7) is 7.64. The molecule has 0 fully saturated rings. The highest BCUT2D eigenvalue weighted by Gasteiger charge is 2.06. The molecule has 0 bridgehead atoms. The normalized spacial score (nSPS) is 14.8. The molecule has 16 heavy (non-hydrogen) atoms. The van der Waals surface area contributed by atoms with Gasteiger partial charge in [0, 0.05) is 23.3 Å². The van der Waals surface area contributed by atoms with Crippen molar-refractivity contribution < 1.29 is 0 Å². The molecular weight excluding hydrogens is 264 g/mol. The Labute approximate surface area is 107 Å². The van der Waals surface area contributed by atoms with Crippen LogP contribution < -0.4 is 5.32 Å². The van der Waals surface area contributed by atoms with Gasteiger partial charge in [0.05, 0.1) is 5.69 Å². The van der Waals surface area contributed by atoms with Gasteiger partial charge in [-0.05, 0) is 47.3 Å². The molecule has 0 aliphatic carbocycles. The summed E-state index contributed by atoms with van der Waals surface area (Å²) in [7, 11) is 0. The Morgan fingerprint density at radius 1 is 1.38 bits per heavy atom. The zero-order chi connectivity index (χ0) is 12.0. The highest BCUT2D eigenvalue weighted by molar-refractivity contribution is 9.10. The van der Waals surface area contributed by atoms with E-state index in [1.54, 1.807) is 0 Å². The predicted octanol–water partition coefficient (Wildman–Crippen LogP) is 3.76. The molecule has 1 aromatic rings. The van der Waals surface area contributed by atoms with Crippen LogP contribution in [0.2, 0.25) is 0 Å². The van der Waals surface area contributed by atoms with Crippen molar-refractivity contribution in [2.45, 2.75) is 46.2 Å². The third-order valence-corrected chi connectivity index (χ3v) is 3.34. The molecule has 2 nitrogen and oxygen atoms in total. The van der Waals surface area contributed by atoms with Gasteiger partial charge in [0.1, 0.15) is 0 Å². The summed E-state index contributed by atoms with van der Waals surface area (Å²) in [6, 6.07) is 4.64. The zero-order valence-corrected chi connectivity index (χ0v) is 11.9. The van der Waals surface area contributed by atoms with Gasteiger partial charge in [0.25, 0.3) is 0 Å². The highest BCUT2D eigenvalue weighted by Crippen LogP contribution is 2.10. The van der Waals surface area contributed by atoms with Crippen LogP contribution in [0.1, 0.15) is 39.3 Å². The minimum absolute atomic E-state index is 0.556. The van der Waals surface area contributed by atoms with E-state index in [1.807, 2.05) is 18.3 Å². The Balaban J connectivity index is 2.31. The van der Waals surface area contributed by atoms with E-state index in [0.717, 1.165) is 22.6 Å². The fourth-order valence-electron chi connectivity index (χ4n) is 1.64. The smallest absolute Gasteiger partial charge is 0.0542 e. The minimum Gasteiger partial charge on any atom is -0.309 e. The first-order valence-corrected chi connectivity index (χ1v) is 6.75. The van der Waals surface area contributed by atoms with Crippen molar-refractivity contribution in [3.8, 4) is 0 Å². The topological polar surface area (TPSA) is 24.9 Å². The Morgan fingerprint density at radius 2 is 2.12 bits per heavy atom. The third kappa shape index (κ3) is 5.08. The first kappa shape index (κ1) is 13.7. The maximum Gasteiger partial charge on any atom is 0.0542 e. The van der Waals surface area contributed by atoms with Gasteiger partial charge in [-0.1, -0.05) is 20.3 Å². The van der Waals surface area contributed by atoms with Crippen LogP contribution in [0.15, 0.2) is 22.8 Å². The van der Waals surface area contributed by atoms with Crippen LogP contribution in [-0.4, -0.2) is 11.0 Å². The van der Waals surface area contributed by atoms with Crippen LogP contribution in [0.5, 0.6) is 0 Å². The van der Waals surface area contributed by atoms with E-state index in [1.165, 1.54) is 12.8 Å². The molecule has 1 aromatic heterocycles. The number of hydrogen-bond donors (Lipinski definition) is 1. The molecule has 0 radical (unpaired) electrons. The van der Waals surface area contributed by atoms with Crippen molar-refractivity contribution in [3.05, 3.63) is 28.5 Å². The summed E-state index contributed by atoms with van der Waals surface area (Å²) < 4.78 is 1.03. The number of nitrogens with one attached hydrogen (secondary N) is 1. The summed E-state index contributed by atoms with van der Waals surface area (Å²) in [5, 5.41) is 3.51. The maximum atomic E-state index is 4.34. The molecule has 0 aliphatic heterocycles. The minimum atomic E-state index is 0.556. The first-order valence-electron chi connectivity index (χ1n) is 5.95. The van der Waals surface area contributed by atoms with E-state index >= 15 is 0 Å². The summed E-state index contributed by atoms with van der Waals surface area (Å²) in [5.41, 5.74) is 1.10. The van der Waals surface area contributed by atoms with Crippen molar-refractivity contribution in [1.29, 1.82) is 0 Å². The Kier molecular flexibility index (Phi) is 5.99. The molecule has 1 rings (SSSR count). The summed E-state index contributed by atoms with van der Waals surface area (Å²) in [6.07, 6.45) is 4.33. The number of halogens is 1. The largest absolute Gasteiger partial charge is 0.309 e. The van der Waals surface area contributed by atoms with Crippen LogP contribution >= 0.6 is 15.9 Å². The standard InChI is InChI=1S/C13H21BrN2/c1-4-10(2)7-11(3)15-9-13-6-5-12(14)8-16-13/h5-6,8,10-11,15H,4,7,9H2,1-3H3. The maximum absolute atomic E-state index is 4.34. The van der Waals surface area contributed by atoms with E-state index in [-0.39, 0.29) is 0 Å². The van der Waals surface area contributed by atoms with Crippen molar-refractivity contribution in [3.63, 3.8) is 0 Å². The van der Waals surface area contributed by atoms with E-state index < -0.39 is 0 Å². The lowest BCUT2D eigenvalue weighted by molar-refractivity contribution is 0.410. The lowest BCUT2D eigenvalue weighted by Crippen LogP contribution is -2.27. The Bertz CT molecular complexity index is 297. The summed E-state index contributed by atoms with van der Waals surface area (Å²) in [4.78, 5) is 4.34. The van der Waals surface area contributed by atoms with Crippen LogP contribution in [-0.2, 0) is 6.54 Å². The van der Waals surface area contributed by atoms with Gasteiger partial charge in [0.15, 0.2) is 0 Å².